The molecule has 0 radical (unpaired) electrons. The number of carboxylic acid groups (broad SMARTS) is 1. The summed E-state index contributed by atoms with van der Waals surface area (Å²) in [4.78, 5) is 9.00. The minimum atomic E-state index is -0.833. The fourth-order valence-electron chi connectivity index (χ4n) is 0.659. The zero-order chi connectivity index (χ0) is 10.5. The Morgan fingerprint density at radius 3 is 2.23 bits per heavy atom. The van der Waals surface area contributed by atoms with Crippen LogP contribution in [0.1, 0.15) is 39.5 Å². The monoisotopic (exact) mass is 188 g/mol. The molecule has 0 atom stereocenters. The van der Waals surface area contributed by atoms with Crippen LogP contribution in [0.15, 0.2) is 12.2 Å². The number of aliphatic hydroxyl groups excluding tert-OH is 1. The van der Waals surface area contributed by atoms with Crippen molar-refractivity contribution < 1.29 is 15.0 Å². The topological polar surface area (TPSA) is 57.5 Å². The second-order valence-electron chi connectivity index (χ2n) is 2.62. The molecule has 78 valence electrons. The third-order valence-corrected chi connectivity index (χ3v) is 1.18. The fourth-order valence-corrected chi connectivity index (χ4v) is 0.659. The summed E-state index contributed by atoms with van der Waals surface area (Å²) in [6, 6.07) is 0. The molecule has 0 saturated carbocycles. The lowest BCUT2D eigenvalue weighted by molar-refractivity contribution is -0.134. The fraction of sp³-hybridized carbons (Fsp3) is 0.700. The summed E-state index contributed by atoms with van der Waals surface area (Å²) in [7, 11) is 0. The highest BCUT2D eigenvalue weighted by molar-refractivity contribution is 5.62. The van der Waals surface area contributed by atoms with Crippen LogP contribution in [0.5, 0.6) is 0 Å². The van der Waals surface area contributed by atoms with Gasteiger partial charge in [-0.05, 0) is 25.7 Å². The number of hydrogen-bond donors (Lipinski definition) is 2. The third-order valence-electron chi connectivity index (χ3n) is 1.18. The van der Waals surface area contributed by atoms with E-state index in [0.717, 1.165) is 32.6 Å². The van der Waals surface area contributed by atoms with Crippen LogP contribution in [0.4, 0.5) is 0 Å². The number of carbonyl (C=O) groups is 1. The van der Waals surface area contributed by atoms with Gasteiger partial charge in [0, 0.05) is 13.5 Å². The molecular formula is C10H20O3. The summed E-state index contributed by atoms with van der Waals surface area (Å²) in [6.07, 6.45) is 8.64. The summed E-state index contributed by atoms with van der Waals surface area (Å²) in [6.45, 7) is 3.54. The van der Waals surface area contributed by atoms with Gasteiger partial charge in [-0.25, -0.2) is 0 Å². The van der Waals surface area contributed by atoms with E-state index < -0.39 is 5.97 Å². The molecule has 3 nitrogen and oxygen atoms in total. The van der Waals surface area contributed by atoms with Gasteiger partial charge in [0.25, 0.3) is 5.97 Å². The molecule has 0 aromatic carbocycles. The van der Waals surface area contributed by atoms with Crippen molar-refractivity contribution in [3.8, 4) is 0 Å². The number of rotatable bonds is 5. The molecule has 0 aromatic rings. The molecule has 0 aliphatic carbocycles. The lowest BCUT2D eigenvalue weighted by atomic mass is 10.2. The maximum atomic E-state index is 9.00. The largest absolute Gasteiger partial charge is 0.481 e. The maximum Gasteiger partial charge on any atom is 0.300 e. The Kier molecular flexibility index (Phi) is 15.5. The molecule has 0 bridgehead atoms. The molecule has 0 amide bonds. The molecule has 2 N–H and O–H groups in total. The van der Waals surface area contributed by atoms with Gasteiger partial charge in [0.15, 0.2) is 0 Å². The van der Waals surface area contributed by atoms with Gasteiger partial charge in [-0.3, -0.25) is 4.79 Å². The lowest BCUT2D eigenvalue weighted by Gasteiger charge is -1.89. The third kappa shape index (κ3) is 35.1. The zero-order valence-electron chi connectivity index (χ0n) is 8.49. The SMILES string of the molecule is CC(=O)O.CCC=CCCCCO. The highest BCUT2D eigenvalue weighted by Gasteiger charge is 1.80. The van der Waals surface area contributed by atoms with E-state index in [1.54, 1.807) is 0 Å². The summed E-state index contributed by atoms with van der Waals surface area (Å²) >= 11 is 0. The van der Waals surface area contributed by atoms with Gasteiger partial charge in [-0.1, -0.05) is 19.1 Å². The van der Waals surface area contributed by atoms with Crippen LogP contribution < -0.4 is 0 Å². The Morgan fingerprint density at radius 2 is 1.85 bits per heavy atom. The average Bonchev–Trinajstić information content (AvgIpc) is 2.03. The first kappa shape index (κ1) is 14.7. The van der Waals surface area contributed by atoms with Crippen LogP contribution in [0.25, 0.3) is 0 Å². The number of allylic oxidation sites excluding steroid dienone is 2. The molecule has 0 unspecified atom stereocenters. The van der Waals surface area contributed by atoms with E-state index in [9.17, 15) is 0 Å². The van der Waals surface area contributed by atoms with Crippen molar-refractivity contribution >= 4 is 5.97 Å². The van der Waals surface area contributed by atoms with Crippen LogP contribution in [0.2, 0.25) is 0 Å². The second kappa shape index (κ2) is 13.7. The van der Waals surface area contributed by atoms with Gasteiger partial charge < -0.3 is 10.2 Å². The van der Waals surface area contributed by atoms with Crippen LogP contribution in [-0.4, -0.2) is 22.8 Å². The second-order valence-corrected chi connectivity index (χ2v) is 2.62. The highest BCUT2D eigenvalue weighted by Crippen LogP contribution is 1.95. The van der Waals surface area contributed by atoms with Gasteiger partial charge >= 0.3 is 0 Å². The molecule has 13 heavy (non-hydrogen) atoms. The Bertz CT molecular complexity index is 126. The Morgan fingerprint density at radius 1 is 1.31 bits per heavy atom. The van der Waals surface area contributed by atoms with Crippen molar-refractivity contribution in [1.82, 2.24) is 0 Å². The first-order chi connectivity index (χ1) is 6.15. The number of unbranched alkanes of at least 4 members (excludes halogenated alkanes) is 2. The maximum absolute atomic E-state index is 9.00. The Balaban J connectivity index is 0. The summed E-state index contributed by atoms with van der Waals surface area (Å²) < 4.78 is 0. The van der Waals surface area contributed by atoms with Crippen molar-refractivity contribution in [2.75, 3.05) is 6.61 Å². The van der Waals surface area contributed by atoms with Gasteiger partial charge in [0.2, 0.25) is 0 Å². The van der Waals surface area contributed by atoms with Gasteiger partial charge in [0.05, 0.1) is 0 Å². The Labute approximate surface area is 80.1 Å². The molecule has 0 aromatic heterocycles. The molecule has 3 heteroatoms. The van der Waals surface area contributed by atoms with Gasteiger partial charge in [-0.2, -0.15) is 0 Å². The summed E-state index contributed by atoms with van der Waals surface area (Å²) in [5, 5.41) is 15.8. The number of hydrogen-bond acceptors (Lipinski definition) is 2. The normalized spacial score (nSPS) is 9.46. The lowest BCUT2D eigenvalue weighted by Crippen LogP contribution is -1.79. The molecule has 0 aliphatic rings. The van der Waals surface area contributed by atoms with Crippen LogP contribution >= 0.6 is 0 Å². The quantitative estimate of drug-likeness (QED) is 0.513. The van der Waals surface area contributed by atoms with E-state index in [1.165, 1.54) is 0 Å². The molecule has 0 saturated heterocycles. The van der Waals surface area contributed by atoms with Crippen molar-refractivity contribution in [3.05, 3.63) is 12.2 Å². The van der Waals surface area contributed by atoms with Crippen molar-refractivity contribution in [1.29, 1.82) is 0 Å². The first-order valence-electron chi connectivity index (χ1n) is 4.60. The minimum Gasteiger partial charge on any atom is -0.481 e. The zero-order valence-corrected chi connectivity index (χ0v) is 8.49. The minimum absolute atomic E-state index is 0.333. The van der Waals surface area contributed by atoms with Crippen molar-refractivity contribution in [2.24, 2.45) is 0 Å². The molecular weight excluding hydrogens is 168 g/mol. The number of carboxylic acids is 1. The van der Waals surface area contributed by atoms with Crippen molar-refractivity contribution in [3.63, 3.8) is 0 Å². The summed E-state index contributed by atoms with van der Waals surface area (Å²) in [5.41, 5.74) is 0. The van der Waals surface area contributed by atoms with Crippen molar-refractivity contribution in [2.45, 2.75) is 39.5 Å². The van der Waals surface area contributed by atoms with Crippen LogP contribution in [0, 0.1) is 0 Å². The smallest absolute Gasteiger partial charge is 0.300 e. The van der Waals surface area contributed by atoms with E-state index in [0.29, 0.717) is 6.61 Å². The van der Waals surface area contributed by atoms with E-state index in [4.69, 9.17) is 15.0 Å². The number of aliphatic hydroxyl groups is 1. The predicted octanol–water partition coefficient (Wildman–Crippen LogP) is 2.21. The number of aliphatic carboxylic acids is 1. The highest BCUT2D eigenvalue weighted by atomic mass is 16.4. The van der Waals surface area contributed by atoms with Crippen LogP contribution in [0.3, 0.4) is 0 Å². The standard InChI is InChI=1S/C8H16O.C2H4O2/c1-2-3-4-5-6-7-8-9;1-2(3)4/h3-4,9H,2,5-8H2,1H3;1H3,(H,3,4). The van der Waals surface area contributed by atoms with E-state index in [1.807, 2.05) is 0 Å². The predicted molar refractivity (Wildman–Crippen MR) is 53.7 cm³/mol. The van der Waals surface area contributed by atoms with E-state index in [-0.39, 0.29) is 0 Å². The molecule has 0 aliphatic heterocycles. The van der Waals surface area contributed by atoms with Gasteiger partial charge in [-0.15, -0.1) is 0 Å². The molecule has 0 fully saturated rings. The van der Waals surface area contributed by atoms with Gasteiger partial charge in [0.1, 0.15) is 0 Å². The molecule has 0 rings (SSSR count). The Hall–Kier alpha value is -0.830. The van der Waals surface area contributed by atoms with E-state index in [2.05, 4.69) is 19.1 Å². The first-order valence-corrected chi connectivity index (χ1v) is 4.60. The van der Waals surface area contributed by atoms with E-state index >= 15 is 0 Å². The van der Waals surface area contributed by atoms with Crippen LogP contribution in [-0.2, 0) is 4.79 Å². The summed E-state index contributed by atoms with van der Waals surface area (Å²) in [5.74, 6) is -0.833. The average molecular weight is 188 g/mol. The molecule has 0 spiro atoms. The molecule has 0 heterocycles.